The largest absolute Gasteiger partial charge is 0.416 e. The van der Waals surface area contributed by atoms with Crippen molar-refractivity contribution in [3.05, 3.63) is 114 Å². The van der Waals surface area contributed by atoms with Crippen molar-refractivity contribution in [1.82, 2.24) is 24.4 Å². The van der Waals surface area contributed by atoms with Crippen molar-refractivity contribution in [3.8, 4) is 5.82 Å². The zero-order chi connectivity index (χ0) is 32.8. The van der Waals surface area contributed by atoms with Crippen molar-refractivity contribution in [2.24, 2.45) is 0 Å². The molecule has 0 atom stereocenters. The molecule has 0 saturated carbocycles. The Hall–Kier alpha value is -5.27. The van der Waals surface area contributed by atoms with Gasteiger partial charge in [0.05, 0.1) is 18.8 Å². The van der Waals surface area contributed by atoms with E-state index in [0.29, 0.717) is 29.0 Å². The first-order chi connectivity index (χ1) is 22.7. The van der Waals surface area contributed by atoms with Crippen LogP contribution in [0.25, 0.3) is 5.82 Å². The number of carbonyl (C=O) groups excluding carboxylic acids is 1. The average Bonchev–Trinajstić information content (AvgIpc) is 3.54. The SMILES string of the molecule is Cc1ccc(NC(=O)c2cccc(C(F)(F)F)c2)cc1Nc1nccn1-c1cc(Nc2ccc(CCN3CCOCC3)cc2)ncn1. The smallest absolute Gasteiger partial charge is 0.379 e. The van der Waals surface area contributed by atoms with Gasteiger partial charge >= 0.3 is 6.18 Å². The Morgan fingerprint density at radius 3 is 2.49 bits per heavy atom. The Kier molecular flexibility index (Phi) is 9.45. The molecule has 2 aromatic heterocycles. The van der Waals surface area contributed by atoms with Crippen LogP contribution in [-0.4, -0.2) is 63.2 Å². The number of nitrogens with one attached hydrogen (secondary N) is 3. The van der Waals surface area contributed by atoms with Crippen LogP contribution in [0.3, 0.4) is 0 Å². The van der Waals surface area contributed by atoms with Gasteiger partial charge in [0.15, 0.2) is 0 Å². The van der Waals surface area contributed by atoms with Crippen LogP contribution in [-0.2, 0) is 17.3 Å². The fraction of sp³-hybridized carbons (Fsp3) is 0.235. The summed E-state index contributed by atoms with van der Waals surface area (Å²) in [5.41, 5.74) is 3.06. The van der Waals surface area contributed by atoms with Crippen LogP contribution in [0.1, 0.15) is 27.0 Å². The van der Waals surface area contributed by atoms with Crippen LogP contribution in [0.5, 0.6) is 0 Å². The van der Waals surface area contributed by atoms with Gasteiger partial charge in [-0.25, -0.2) is 15.0 Å². The number of hydrogen-bond acceptors (Lipinski definition) is 8. The van der Waals surface area contributed by atoms with Crippen molar-refractivity contribution in [1.29, 1.82) is 0 Å². The molecule has 1 saturated heterocycles. The van der Waals surface area contributed by atoms with E-state index in [0.717, 1.165) is 62.7 Å². The number of rotatable bonds is 10. The zero-order valence-electron chi connectivity index (χ0n) is 25.6. The first kappa shape index (κ1) is 31.7. The summed E-state index contributed by atoms with van der Waals surface area (Å²) >= 11 is 0. The van der Waals surface area contributed by atoms with E-state index < -0.39 is 17.6 Å². The van der Waals surface area contributed by atoms with E-state index in [2.05, 4.69) is 47.9 Å². The molecule has 3 heterocycles. The summed E-state index contributed by atoms with van der Waals surface area (Å²) in [6.45, 7) is 6.42. The molecule has 0 unspecified atom stereocenters. The third-order valence-electron chi connectivity index (χ3n) is 7.78. The summed E-state index contributed by atoms with van der Waals surface area (Å²) in [5.74, 6) is 0.974. The van der Waals surface area contributed by atoms with Crippen LogP contribution in [0, 0.1) is 6.92 Å². The van der Waals surface area contributed by atoms with Gasteiger partial charge in [-0.3, -0.25) is 14.3 Å². The fourth-order valence-corrected chi connectivity index (χ4v) is 5.14. The second-order valence-corrected chi connectivity index (χ2v) is 11.1. The lowest BCUT2D eigenvalue weighted by atomic mass is 10.1. The minimum Gasteiger partial charge on any atom is -0.379 e. The highest BCUT2D eigenvalue weighted by molar-refractivity contribution is 6.04. The van der Waals surface area contributed by atoms with E-state index in [1.165, 1.54) is 24.0 Å². The Balaban J connectivity index is 1.12. The maximum absolute atomic E-state index is 13.1. The van der Waals surface area contributed by atoms with E-state index in [1.807, 2.05) is 19.1 Å². The van der Waals surface area contributed by atoms with E-state index >= 15 is 0 Å². The van der Waals surface area contributed by atoms with Crippen molar-refractivity contribution >= 4 is 34.7 Å². The van der Waals surface area contributed by atoms with Gasteiger partial charge in [0, 0.05) is 60.7 Å². The maximum Gasteiger partial charge on any atom is 0.416 e. The van der Waals surface area contributed by atoms with Crippen LogP contribution in [0.15, 0.2) is 91.5 Å². The quantitative estimate of drug-likeness (QED) is 0.156. The van der Waals surface area contributed by atoms with E-state index in [4.69, 9.17) is 4.74 Å². The van der Waals surface area contributed by atoms with Gasteiger partial charge in [-0.1, -0.05) is 24.3 Å². The first-order valence-corrected chi connectivity index (χ1v) is 15.1. The maximum atomic E-state index is 13.1. The summed E-state index contributed by atoms with van der Waals surface area (Å²) in [6.07, 6.45) is 1.27. The van der Waals surface area contributed by atoms with Gasteiger partial charge in [-0.05, 0) is 66.9 Å². The van der Waals surface area contributed by atoms with Crippen molar-refractivity contribution in [2.45, 2.75) is 19.5 Å². The number of nitrogens with zero attached hydrogens (tertiary/aromatic N) is 5. The van der Waals surface area contributed by atoms with Crippen LogP contribution >= 0.6 is 0 Å². The number of anilines is 5. The molecule has 1 fully saturated rings. The molecule has 0 bridgehead atoms. The zero-order valence-corrected chi connectivity index (χ0v) is 25.6. The van der Waals surface area contributed by atoms with Crippen LogP contribution in [0.2, 0.25) is 0 Å². The van der Waals surface area contributed by atoms with Crippen LogP contribution in [0.4, 0.5) is 42.0 Å². The van der Waals surface area contributed by atoms with E-state index in [9.17, 15) is 18.0 Å². The Morgan fingerprint density at radius 2 is 1.70 bits per heavy atom. The molecule has 0 spiro atoms. The number of halogens is 3. The number of ether oxygens (including phenoxy) is 1. The van der Waals surface area contributed by atoms with E-state index in [1.54, 1.807) is 41.2 Å². The summed E-state index contributed by atoms with van der Waals surface area (Å²) in [5, 5.41) is 9.28. The number of alkyl halides is 3. The number of amides is 1. The van der Waals surface area contributed by atoms with Crippen molar-refractivity contribution in [2.75, 3.05) is 48.8 Å². The fourth-order valence-electron chi connectivity index (χ4n) is 5.14. The van der Waals surface area contributed by atoms with Crippen LogP contribution < -0.4 is 16.0 Å². The molecule has 1 amide bonds. The normalized spacial score (nSPS) is 13.7. The van der Waals surface area contributed by atoms with Gasteiger partial charge in [-0.15, -0.1) is 0 Å². The number of aromatic nitrogens is 4. The lowest BCUT2D eigenvalue weighted by molar-refractivity contribution is -0.137. The Bertz CT molecular complexity index is 1840. The average molecular weight is 643 g/mol. The third-order valence-corrected chi connectivity index (χ3v) is 7.78. The number of carbonyl (C=O) groups is 1. The molecule has 47 heavy (non-hydrogen) atoms. The molecule has 10 nitrogen and oxygen atoms in total. The topological polar surface area (TPSA) is 109 Å². The monoisotopic (exact) mass is 642 g/mol. The number of hydrogen-bond donors (Lipinski definition) is 3. The molecular weight excluding hydrogens is 609 g/mol. The highest BCUT2D eigenvalue weighted by Gasteiger charge is 2.31. The van der Waals surface area contributed by atoms with Gasteiger partial charge in [0.2, 0.25) is 5.95 Å². The molecule has 3 N–H and O–H groups in total. The van der Waals surface area contributed by atoms with Gasteiger partial charge in [0.25, 0.3) is 5.91 Å². The lowest BCUT2D eigenvalue weighted by Gasteiger charge is -2.26. The highest BCUT2D eigenvalue weighted by Crippen LogP contribution is 2.30. The molecule has 242 valence electrons. The molecule has 0 aliphatic carbocycles. The standard InChI is InChI=1S/C34H33F3N8O2/c1-23-5-8-28(42-32(46)25-3-2-4-26(19-25)34(35,36)37)20-29(23)43-33-38-12-14-45(33)31-21-30(39-22-40-31)41-27-9-6-24(7-10-27)11-13-44-15-17-47-18-16-44/h2-10,12,14,19-22H,11,13,15-18H2,1H3,(H,38,43)(H,42,46)(H,39,40,41). The van der Waals surface area contributed by atoms with Gasteiger partial charge < -0.3 is 20.7 Å². The molecular formula is C34H33F3N8O2. The summed E-state index contributed by atoms with van der Waals surface area (Å²) in [6, 6.07) is 19.5. The summed E-state index contributed by atoms with van der Waals surface area (Å²) in [4.78, 5) is 28.4. The Morgan fingerprint density at radius 1 is 0.915 bits per heavy atom. The number of morpholine rings is 1. The highest BCUT2D eigenvalue weighted by atomic mass is 19.4. The summed E-state index contributed by atoms with van der Waals surface area (Å²) in [7, 11) is 0. The molecule has 6 rings (SSSR count). The van der Waals surface area contributed by atoms with Crippen molar-refractivity contribution in [3.63, 3.8) is 0 Å². The first-order valence-electron chi connectivity index (χ1n) is 15.1. The molecule has 1 aliphatic heterocycles. The number of imidazole rings is 1. The summed E-state index contributed by atoms with van der Waals surface area (Å²) < 4.78 is 46.6. The minimum absolute atomic E-state index is 0.0988. The minimum atomic E-state index is -4.55. The number of benzene rings is 3. The molecule has 1 aliphatic rings. The Labute approximate surface area is 269 Å². The second-order valence-electron chi connectivity index (χ2n) is 11.1. The van der Waals surface area contributed by atoms with Gasteiger partial charge in [0.1, 0.15) is 18.0 Å². The van der Waals surface area contributed by atoms with Gasteiger partial charge in [-0.2, -0.15) is 13.2 Å². The van der Waals surface area contributed by atoms with E-state index in [-0.39, 0.29) is 5.56 Å². The predicted octanol–water partition coefficient (Wildman–Crippen LogP) is 6.60. The van der Waals surface area contributed by atoms with Crippen molar-refractivity contribution < 1.29 is 22.7 Å². The number of aryl methyl sites for hydroxylation is 1. The third kappa shape index (κ3) is 8.12. The lowest BCUT2D eigenvalue weighted by Crippen LogP contribution is -2.37. The molecule has 3 aromatic carbocycles. The molecule has 13 heteroatoms. The molecule has 5 aromatic rings. The molecule has 0 radical (unpaired) electrons. The second kappa shape index (κ2) is 14.0. The predicted molar refractivity (Wildman–Crippen MR) is 174 cm³/mol.